The first-order valence-corrected chi connectivity index (χ1v) is 14.3. The number of thiophene rings is 1. The van der Waals surface area contributed by atoms with Crippen molar-refractivity contribution < 1.29 is 23.5 Å². The van der Waals surface area contributed by atoms with Gasteiger partial charge in [-0.15, -0.1) is 11.3 Å². The van der Waals surface area contributed by atoms with Crippen LogP contribution in [0.4, 0.5) is 15.8 Å². The Morgan fingerprint density at radius 3 is 2.65 bits per heavy atom. The SMILES string of the molecule is COCCNCc1cnc(-c2cc3nccc(Oc4ccc(NC(=O)CC(=O)N(C)c5ccccc5)cc4F)c3s2)n1C. The number of para-hydroxylation sites is 1. The summed E-state index contributed by atoms with van der Waals surface area (Å²) in [6.45, 7) is 2.02. The number of imidazole rings is 1. The molecule has 0 aliphatic heterocycles. The van der Waals surface area contributed by atoms with Crippen LogP contribution in [0.3, 0.4) is 0 Å². The van der Waals surface area contributed by atoms with Crippen LogP contribution in [0, 0.1) is 5.82 Å². The highest BCUT2D eigenvalue weighted by molar-refractivity contribution is 7.22. The summed E-state index contributed by atoms with van der Waals surface area (Å²) in [4.78, 5) is 36.3. The van der Waals surface area contributed by atoms with Crippen molar-refractivity contribution in [1.82, 2.24) is 19.9 Å². The van der Waals surface area contributed by atoms with Crippen molar-refractivity contribution in [1.29, 1.82) is 0 Å². The van der Waals surface area contributed by atoms with Crippen molar-refractivity contribution in [3.63, 3.8) is 0 Å². The van der Waals surface area contributed by atoms with E-state index in [0.717, 1.165) is 33.7 Å². The smallest absolute Gasteiger partial charge is 0.236 e. The van der Waals surface area contributed by atoms with E-state index in [1.165, 1.54) is 28.4 Å². The minimum Gasteiger partial charge on any atom is -0.453 e. The fourth-order valence-electron chi connectivity index (χ4n) is 4.37. The lowest BCUT2D eigenvalue weighted by Crippen LogP contribution is -2.30. The average molecular weight is 603 g/mol. The molecule has 2 aromatic carbocycles. The molecule has 0 aliphatic rings. The summed E-state index contributed by atoms with van der Waals surface area (Å²) in [5.74, 6) is -0.379. The zero-order valence-corrected chi connectivity index (χ0v) is 24.8. The number of nitrogens with one attached hydrogen (secondary N) is 2. The highest BCUT2D eigenvalue weighted by atomic mass is 32.1. The fourth-order valence-corrected chi connectivity index (χ4v) is 5.47. The van der Waals surface area contributed by atoms with E-state index >= 15 is 4.39 Å². The number of pyridine rings is 1. The fraction of sp³-hybridized carbons (Fsp3) is 0.226. The molecule has 0 saturated carbocycles. The lowest BCUT2D eigenvalue weighted by atomic mass is 10.2. The summed E-state index contributed by atoms with van der Waals surface area (Å²) in [6.07, 6.45) is 3.05. The van der Waals surface area contributed by atoms with E-state index in [1.54, 1.807) is 50.7 Å². The highest BCUT2D eigenvalue weighted by Gasteiger charge is 2.18. The van der Waals surface area contributed by atoms with Gasteiger partial charge in [-0.05, 0) is 30.3 Å². The van der Waals surface area contributed by atoms with Crippen molar-refractivity contribution in [2.75, 3.05) is 37.5 Å². The Hall–Kier alpha value is -4.65. The average Bonchev–Trinajstić information content (AvgIpc) is 3.60. The molecule has 0 atom stereocenters. The van der Waals surface area contributed by atoms with Gasteiger partial charge >= 0.3 is 0 Å². The van der Waals surface area contributed by atoms with Crippen molar-refractivity contribution in [2.45, 2.75) is 13.0 Å². The van der Waals surface area contributed by atoms with Crippen LogP contribution in [-0.2, 0) is 27.9 Å². The third kappa shape index (κ3) is 7.05. The summed E-state index contributed by atoms with van der Waals surface area (Å²) in [7, 11) is 5.22. The lowest BCUT2D eigenvalue weighted by Gasteiger charge is -2.17. The van der Waals surface area contributed by atoms with Gasteiger partial charge in [-0.2, -0.15) is 0 Å². The zero-order valence-electron chi connectivity index (χ0n) is 24.0. The Bertz CT molecular complexity index is 1740. The topological polar surface area (TPSA) is 111 Å². The van der Waals surface area contributed by atoms with Crippen LogP contribution in [-0.4, -0.2) is 53.7 Å². The van der Waals surface area contributed by atoms with E-state index in [4.69, 9.17) is 9.47 Å². The molecule has 3 heterocycles. The molecule has 43 heavy (non-hydrogen) atoms. The molecule has 0 spiro atoms. The number of carbonyl (C=O) groups is 2. The van der Waals surface area contributed by atoms with Gasteiger partial charge in [0, 0.05) is 64.0 Å². The number of hydrogen-bond acceptors (Lipinski definition) is 8. The lowest BCUT2D eigenvalue weighted by molar-refractivity contribution is -0.125. The number of fused-ring (bicyclic) bond motifs is 1. The standard InChI is InChI=1S/C31H31FN6O4S/c1-37(21-7-5-4-6-8-21)29(40)17-28(39)36-20-9-10-25(23(32)15-20)42-26-11-12-34-24-16-27(43-30(24)26)31-35-19-22(38(31)2)18-33-13-14-41-3/h4-12,15-16,19,33H,13-14,17-18H2,1-3H3,(H,36,39). The van der Waals surface area contributed by atoms with E-state index in [2.05, 4.69) is 20.6 Å². The number of nitrogens with zero attached hydrogens (tertiary/aromatic N) is 4. The van der Waals surface area contributed by atoms with Gasteiger partial charge in [0.25, 0.3) is 0 Å². The van der Waals surface area contributed by atoms with Crippen molar-refractivity contribution in [3.05, 3.63) is 84.6 Å². The molecule has 5 aromatic rings. The quantitative estimate of drug-likeness (QED) is 0.146. The van der Waals surface area contributed by atoms with Crippen LogP contribution in [0.1, 0.15) is 12.1 Å². The predicted molar refractivity (Wildman–Crippen MR) is 165 cm³/mol. The Morgan fingerprint density at radius 1 is 1.07 bits per heavy atom. The molecular weight excluding hydrogens is 571 g/mol. The molecule has 12 heteroatoms. The summed E-state index contributed by atoms with van der Waals surface area (Å²) in [6, 6.07) is 16.7. The molecule has 0 aliphatic carbocycles. The normalized spacial score (nSPS) is 11.1. The number of aromatic nitrogens is 3. The highest BCUT2D eigenvalue weighted by Crippen LogP contribution is 2.39. The van der Waals surface area contributed by atoms with Gasteiger partial charge in [0.05, 0.1) is 33.6 Å². The molecule has 0 saturated heterocycles. The number of halogens is 1. The molecule has 0 radical (unpaired) electrons. The maximum atomic E-state index is 15.1. The Balaban J connectivity index is 1.26. The maximum Gasteiger partial charge on any atom is 0.236 e. The largest absolute Gasteiger partial charge is 0.453 e. The van der Waals surface area contributed by atoms with Crippen LogP contribution in [0.5, 0.6) is 11.5 Å². The molecule has 222 valence electrons. The summed E-state index contributed by atoms with van der Waals surface area (Å²) >= 11 is 1.45. The van der Waals surface area contributed by atoms with Gasteiger partial charge in [0.15, 0.2) is 11.6 Å². The number of hydrogen-bond donors (Lipinski definition) is 2. The Morgan fingerprint density at radius 2 is 1.88 bits per heavy atom. The zero-order chi connectivity index (χ0) is 30.3. The molecule has 0 bridgehead atoms. The molecule has 2 amide bonds. The van der Waals surface area contributed by atoms with Gasteiger partial charge < -0.3 is 29.6 Å². The van der Waals surface area contributed by atoms with E-state index in [9.17, 15) is 9.59 Å². The molecule has 5 rings (SSSR count). The molecular formula is C31H31FN6O4S. The third-order valence-electron chi connectivity index (χ3n) is 6.73. The second-order valence-electron chi connectivity index (χ2n) is 9.70. The van der Waals surface area contributed by atoms with Crippen molar-refractivity contribution in [2.24, 2.45) is 7.05 Å². The number of rotatable bonds is 12. The molecule has 2 N–H and O–H groups in total. The second kappa shape index (κ2) is 13.6. The number of benzene rings is 2. The Labute approximate surface area is 252 Å². The first kappa shape index (κ1) is 29.8. The predicted octanol–water partition coefficient (Wildman–Crippen LogP) is 5.36. The first-order valence-electron chi connectivity index (χ1n) is 13.5. The summed E-state index contributed by atoms with van der Waals surface area (Å²) in [5, 5.41) is 5.90. The van der Waals surface area contributed by atoms with Gasteiger partial charge in [-0.25, -0.2) is 9.37 Å². The summed E-state index contributed by atoms with van der Waals surface area (Å²) in [5.41, 5.74) is 2.61. The molecule has 0 fully saturated rings. The van der Waals surface area contributed by atoms with Crippen molar-refractivity contribution >= 4 is 44.7 Å². The molecule has 0 unspecified atom stereocenters. The third-order valence-corrected chi connectivity index (χ3v) is 7.87. The van der Waals surface area contributed by atoms with Crippen LogP contribution in [0.15, 0.2) is 73.1 Å². The number of amides is 2. The monoisotopic (exact) mass is 602 g/mol. The number of methoxy groups -OCH3 is 1. The van der Waals surface area contributed by atoms with Crippen LogP contribution < -0.4 is 20.3 Å². The van der Waals surface area contributed by atoms with E-state index in [-0.39, 0.29) is 23.8 Å². The van der Waals surface area contributed by atoms with Crippen LogP contribution >= 0.6 is 11.3 Å². The Kier molecular flexibility index (Phi) is 9.40. The first-order chi connectivity index (χ1) is 20.8. The molecule has 3 aromatic heterocycles. The van der Waals surface area contributed by atoms with Gasteiger partial charge in [-0.3, -0.25) is 14.6 Å². The second-order valence-corrected chi connectivity index (χ2v) is 10.7. The van der Waals surface area contributed by atoms with E-state index in [0.29, 0.717) is 30.1 Å². The van der Waals surface area contributed by atoms with Gasteiger partial charge in [-0.1, -0.05) is 18.2 Å². The minimum absolute atomic E-state index is 0.0123. The molecule has 10 nitrogen and oxygen atoms in total. The summed E-state index contributed by atoms with van der Waals surface area (Å²) < 4.78 is 28.9. The minimum atomic E-state index is -0.665. The van der Waals surface area contributed by atoms with E-state index in [1.807, 2.05) is 29.9 Å². The van der Waals surface area contributed by atoms with Gasteiger partial charge in [0.1, 0.15) is 18.0 Å². The van der Waals surface area contributed by atoms with E-state index < -0.39 is 11.7 Å². The van der Waals surface area contributed by atoms with Gasteiger partial charge in [0.2, 0.25) is 11.8 Å². The number of ether oxygens (including phenoxy) is 2. The van der Waals surface area contributed by atoms with Crippen LogP contribution in [0.2, 0.25) is 0 Å². The van der Waals surface area contributed by atoms with Crippen molar-refractivity contribution in [3.8, 4) is 22.2 Å². The number of anilines is 2. The van der Waals surface area contributed by atoms with Crippen LogP contribution in [0.25, 0.3) is 20.9 Å². The number of carbonyl (C=O) groups excluding carboxylic acids is 2. The maximum absolute atomic E-state index is 15.1.